The Hall–Kier alpha value is -4.57. The molecule has 1 aliphatic heterocycles. The molecule has 0 aromatic heterocycles. The molecule has 0 aliphatic carbocycles. The van der Waals surface area contributed by atoms with Gasteiger partial charge in [-0.1, -0.05) is 29.8 Å². The molecule has 0 bridgehead atoms. The molecule has 33 heavy (non-hydrogen) atoms. The van der Waals surface area contributed by atoms with Gasteiger partial charge in [0.15, 0.2) is 5.70 Å². The molecule has 0 unspecified atom stereocenters. The fraction of sp³-hybridized carbons (Fsp3) is 0. The van der Waals surface area contributed by atoms with Crippen molar-refractivity contribution in [1.29, 1.82) is 0 Å². The zero-order chi connectivity index (χ0) is 23.5. The van der Waals surface area contributed by atoms with Crippen molar-refractivity contribution in [2.24, 2.45) is 4.99 Å². The largest absolute Gasteiger partial charge is 0.450 e. The maximum Gasteiger partial charge on any atom is 0.363 e. The minimum absolute atomic E-state index is 0.0449. The molecule has 0 radical (unpaired) electrons. The molecule has 0 fully saturated rings. The van der Waals surface area contributed by atoms with Gasteiger partial charge in [0.05, 0.1) is 15.9 Å². The number of hydrogen-bond acceptors (Lipinski definition) is 8. The van der Waals surface area contributed by atoms with E-state index in [1.807, 2.05) is 0 Å². The van der Waals surface area contributed by atoms with E-state index in [0.717, 1.165) is 18.2 Å². The topological polar surface area (TPSA) is 134 Å². The van der Waals surface area contributed by atoms with Gasteiger partial charge in [0, 0.05) is 16.7 Å². The second kappa shape index (κ2) is 8.89. The van der Waals surface area contributed by atoms with Crippen LogP contribution in [-0.4, -0.2) is 21.7 Å². The molecule has 0 amide bonds. The summed E-state index contributed by atoms with van der Waals surface area (Å²) in [5.74, 6) is -0.492. The zero-order valence-electron chi connectivity index (χ0n) is 16.5. The maximum absolute atomic E-state index is 12.2. The summed E-state index contributed by atoms with van der Waals surface area (Å²) >= 11 is 5.97. The molecule has 1 heterocycles. The molecule has 0 spiro atoms. The van der Waals surface area contributed by atoms with E-state index in [1.54, 1.807) is 42.5 Å². The summed E-state index contributed by atoms with van der Waals surface area (Å²) in [5.41, 5.74) is 0.120. The van der Waals surface area contributed by atoms with E-state index >= 15 is 0 Å². The van der Waals surface area contributed by atoms with E-state index in [2.05, 4.69) is 4.99 Å². The lowest BCUT2D eigenvalue weighted by atomic mass is 10.2. The Morgan fingerprint density at radius 2 is 1.76 bits per heavy atom. The molecule has 0 saturated heterocycles. The SMILES string of the molecule is O=C1OC(c2cccc(Cl)c2)=N/C1=C\c1cccc(Oc2ccc([N+](=O)[O-])cc2[N+](=O)[O-])c1. The van der Waals surface area contributed by atoms with Crippen molar-refractivity contribution in [3.8, 4) is 11.5 Å². The normalized spacial score (nSPS) is 14.0. The number of nitro groups is 2. The number of nitro benzene ring substituents is 2. The molecule has 10 nitrogen and oxygen atoms in total. The van der Waals surface area contributed by atoms with Crippen LogP contribution in [0.1, 0.15) is 11.1 Å². The molecule has 11 heteroatoms. The first kappa shape index (κ1) is 21.7. The highest BCUT2D eigenvalue weighted by atomic mass is 35.5. The third kappa shape index (κ3) is 4.86. The minimum Gasteiger partial charge on any atom is -0.450 e. The van der Waals surface area contributed by atoms with Crippen molar-refractivity contribution in [2.75, 3.05) is 0 Å². The van der Waals surface area contributed by atoms with Gasteiger partial charge in [-0.3, -0.25) is 20.2 Å². The highest BCUT2D eigenvalue weighted by Crippen LogP contribution is 2.35. The smallest absolute Gasteiger partial charge is 0.363 e. The first-order valence-electron chi connectivity index (χ1n) is 9.29. The van der Waals surface area contributed by atoms with Gasteiger partial charge in [-0.2, -0.15) is 0 Å². The second-order valence-electron chi connectivity index (χ2n) is 6.69. The third-order valence-corrected chi connectivity index (χ3v) is 4.67. The van der Waals surface area contributed by atoms with Crippen LogP contribution in [0.2, 0.25) is 5.02 Å². The molecule has 164 valence electrons. The fourth-order valence-electron chi connectivity index (χ4n) is 2.96. The lowest BCUT2D eigenvalue weighted by Gasteiger charge is -2.07. The van der Waals surface area contributed by atoms with Crippen LogP contribution in [0.25, 0.3) is 6.08 Å². The number of halogens is 1. The van der Waals surface area contributed by atoms with Crippen LogP contribution in [0.4, 0.5) is 11.4 Å². The molecular weight excluding hydrogens is 454 g/mol. The van der Waals surface area contributed by atoms with E-state index in [0.29, 0.717) is 16.1 Å². The number of cyclic esters (lactones) is 1. The molecule has 3 aromatic rings. The lowest BCUT2D eigenvalue weighted by molar-refractivity contribution is -0.394. The van der Waals surface area contributed by atoms with Crippen LogP contribution in [0.5, 0.6) is 11.5 Å². The van der Waals surface area contributed by atoms with Gasteiger partial charge in [-0.25, -0.2) is 9.79 Å². The van der Waals surface area contributed by atoms with E-state index in [1.165, 1.54) is 12.1 Å². The maximum atomic E-state index is 12.2. The van der Waals surface area contributed by atoms with Crippen molar-refractivity contribution in [1.82, 2.24) is 0 Å². The number of non-ortho nitro benzene ring substituents is 1. The van der Waals surface area contributed by atoms with Gasteiger partial charge in [-0.05, 0) is 48.0 Å². The molecular formula is C22H12ClN3O7. The quantitative estimate of drug-likeness (QED) is 0.209. The summed E-state index contributed by atoms with van der Waals surface area (Å²) in [6.07, 6.45) is 1.47. The number of benzene rings is 3. The Labute approximate surface area is 190 Å². The first-order valence-corrected chi connectivity index (χ1v) is 9.67. The van der Waals surface area contributed by atoms with Crippen LogP contribution in [0.3, 0.4) is 0 Å². The first-order chi connectivity index (χ1) is 15.8. The number of carbonyl (C=O) groups excluding carboxylic acids is 1. The fourth-order valence-corrected chi connectivity index (χ4v) is 3.15. The van der Waals surface area contributed by atoms with E-state index in [-0.39, 0.29) is 23.1 Å². The van der Waals surface area contributed by atoms with E-state index in [9.17, 15) is 25.0 Å². The Balaban J connectivity index is 1.61. The number of hydrogen-bond donors (Lipinski definition) is 0. The van der Waals surface area contributed by atoms with Crippen molar-refractivity contribution < 1.29 is 24.1 Å². The van der Waals surface area contributed by atoms with Crippen molar-refractivity contribution in [3.63, 3.8) is 0 Å². The van der Waals surface area contributed by atoms with Gasteiger partial charge in [0.1, 0.15) is 5.75 Å². The molecule has 0 saturated carbocycles. The van der Waals surface area contributed by atoms with Crippen LogP contribution in [0.15, 0.2) is 77.4 Å². The van der Waals surface area contributed by atoms with Crippen LogP contribution < -0.4 is 4.74 Å². The van der Waals surface area contributed by atoms with Gasteiger partial charge < -0.3 is 9.47 Å². The zero-order valence-corrected chi connectivity index (χ0v) is 17.3. The third-order valence-electron chi connectivity index (χ3n) is 4.43. The highest BCUT2D eigenvalue weighted by Gasteiger charge is 2.25. The number of esters is 1. The van der Waals surface area contributed by atoms with Crippen molar-refractivity contribution in [3.05, 3.63) is 109 Å². The number of aliphatic imine (C=N–C) groups is 1. The highest BCUT2D eigenvalue weighted by molar-refractivity contribution is 6.31. The van der Waals surface area contributed by atoms with Crippen molar-refractivity contribution >= 4 is 40.9 Å². The molecule has 1 aliphatic rings. The van der Waals surface area contributed by atoms with Gasteiger partial charge >= 0.3 is 11.7 Å². The predicted octanol–water partition coefficient (Wildman–Crippen LogP) is 5.29. The summed E-state index contributed by atoms with van der Waals surface area (Å²) < 4.78 is 10.8. The summed E-state index contributed by atoms with van der Waals surface area (Å²) in [6, 6.07) is 16.1. The van der Waals surface area contributed by atoms with Gasteiger partial charge in [0.2, 0.25) is 11.6 Å². The molecule has 0 N–H and O–H groups in total. The monoisotopic (exact) mass is 465 g/mol. The molecule has 3 aromatic carbocycles. The Bertz CT molecular complexity index is 1370. The summed E-state index contributed by atoms with van der Waals surface area (Å²) in [4.78, 5) is 37.1. The summed E-state index contributed by atoms with van der Waals surface area (Å²) in [5, 5.41) is 22.7. The number of carbonyl (C=O) groups is 1. The average Bonchev–Trinajstić information content (AvgIpc) is 3.14. The predicted molar refractivity (Wildman–Crippen MR) is 118 cm³/mol. The summed E-state index contributed by atoms with van der Waals surface area (Å²) in [7, 11) is 0. The van der Waals surface area contributed by atoms with E-state index < -0.39 is 27.2 Å². The summed E-state index contributed by atoms with van der Waals surface area (Å²) in [6.45, 7) is 0. The number of ether oxygens (including phenoxy) is 2. The van der Waals surface area contributed by atoms with E-state index in [4.69, 9.17) is 21.1 Å². The Morgan fingerprint density at radius 1 is 0.970 bits per heavy atom. The van der Waals surface area contributed by atoms with Crippen LogP contribution in [-0.2, 0) is 9.53 Å². The van der Waals surface area contributed by atoms with Crippen LogP contribution >= 0.6 is 11.6 Å². The molecule has 4 rings (SSSR count). The lowest BCUT2D eigenvalue weighted by Crippen LogP contribution is -2.05. The second-order valence-corrected chi connectivity index (χ2v) is 7.12. The van der Waals surface area contributed by atoms with Crippen LogP contribution in [0, 0.1) is 20.2 Å². The number of rotatable bonds is 6. The van der Waals surface area contributed by atoms with Crippen molar-refractivity contribution in [2.45, 2.75) is 0 Å². The Kier molecular flexibility index (Phi) is 5.83. The van der Waals surface area contributed by atoms with Gasteiger partial charge in [0.25, 0.3) is 5.69 Å². The molecule has 0 atom stereocenters. The van der Waals surface area contributed by atoms with Gasteiger partial charge in [-0.15, -0.1) is 0 Å². The Morgan fingerprint density at radius 3 is 2.48 bits per heavy atom. The minimum atomic E-state index is -0.769. The standard InChI is InChI=1S/C22H12ClN3O7/c23-15-5-2-4-14(11-15)21-24-18(22(27)33-21)10-13-3-1-6-17(9-13)32-20-8-7-16(25(28)29)12-19(20)26(30)31/h1-12H/b18-10-. The average molecular weight is 466 g/mol. The number of nitrogens with zero attached hydrogens (tertiary/aromatic N) is 3.